The Kier molecular flexibility index (Phi) is 7.63. The zero-order valence-electron chi connectivity index (χ0n) is 13.5. The summed E-state index contributed by atoms with van der Waals surface area (Å²) in [4.78, 5) is 1.16. The van der Waals surface area contributed by atoms with E-state index in [1.165, 1.54) is 0 Å². The zero-order chi connectivity index (χ0) is 15.7. The van der Waals surface area contributed by atoms with Gasteiger partial charge in [-0.3, -0.25) is 5.32 Å². The van der Waals surface area contributed by atoms with Crippen molar-refractivity contribution in [1.82, 2.24) is 5.32 Å². The number of methoxy groups -OCH3 is 1. The Bertz CT molecular complexity index is 470. The van der Waals surface area contributed by atoms with E-state index < -0.39 is 5.54 Å². The third kappa shape index (κ3) is 5.61. The number of rotatable bonds is 9. The van der Waals surface area contributed by atoms with Crippen LogP contribution in [0, 0.1) is 11.3 Å². The minimum absolute atomic E-state index is 0.325. The first-order valence-electron chi connectivity index (χ1n) is 7.51. The van der Waals surface area contributed by atoms with Gasteiger partial charge in [0.05, 0.1) is 13.2 Å². The SMILES string of the molecule is CCC(C#N)(CCCSc1ccccc1OC)NC(C)C. The lowest BCUT2D eigenvalue weighted by Crippen LogP contribution is -2.47. The van der Waals surface area contributed by atoms with Crippen molar-refractivity contribution in [2.75, 3.05) is 12.9 Å². The van der Waals surface area contributed by atoms with Gasteiger partial charge in [-0.25, -0.2) is 0 Å². The zero-order valence-corrected chi connectivity index (χ0v) is 14.3. The molecule has 1 aromatic carbocycles. The molecule has 3 nitrogen and oxygen atoms in total. The van der Waals surface area contributed by atoms with Gasteiger partial charge in [0.25, 0.3) is 0 Å². The smallest absolute Gasteiger partial charge is 0.132 e. The molecule has 0 aliphatic rings. The molecule has 0 aliphatic carbocycles. The molecule has 0 saturated heterocycles. The number of thioether (sulfide) groups is 1. The fourth-order valence-electron chi connectivity index (χ4n) is 2.36. The molecule has 1 rings (SSSR count). The second-order valence-corrected chi connectivity index (χ2v) is 6.59. The Morgan fingerprint density at radius 3 is 2.67 bits per heavy atom. The molecule has 4 heteroatoms. The number of nitrogens with zero attached hydrogens (tertiary/aromatic N) is 1. The van der Waals surface area contributed by atoms with Crippen LogP contribution in [0.4, 0.5) is 0 Å². The fourth-order valence-corrected chi connectivity index (χ4v) is 3.34. The highest BCUT2D eigenvalue weighted by molar-refractivity contribution is 7.99. The van der Waals surface area contributed by atoms with Crippen LogP contribution in [0.1, 0.15) is 40.0 Å². The average molecular weight is 306 g/mol. The molecule has 116 valence electrons. The van der Waals surface area contributed by atoms with E-state index in [2.05, 4.69) is 38.2 Å². The first kappa shape index (κ1) is 17.9. The second kappa shape index (κ2) is 8.96. The van der Waals surface area contributed by atoms with E-state index in [0.717, 1.165) is 35.7 Å². The Hall–Kier alpha value is -1.18. The maximum atomic E-state index is 9.48. The summed E-state index contributed by atoms with van der Waals surface area (Å²) in [6.07, 6.45) is 2.71. The lowest BCUT2D eigenvalue weighted by atomic mass is 9.91. The molecule has 1 aromatic rings. The van der Waals surface area contributed by atoms with E-state index in [-0.39, 0.29) is 0 Å². The lowest BCUT2D eigenvalue weighted by molar-refractivity contribution is 0.341. The summed E-state index contributed by atoms with van der Waals surface area (Å²) < 4.78 is 5.35. The molecule has 1 N–H and O–H groups in total. The topological polar surface area (TPSA) is 45.0 Å². The minimum atomic E-state index is -0.393. The van der Waals surface area contributed by atoms with Crippen LogP contribution in [0.15, 0.2) is 29.2 Å². The Morgan fingerprint density at radius 2 is 2.10 bits per heavy atom. The summed E-state index contributed by atoms with van der Waals surface area (Å²) in [6, 6.07) is 10.9. The van der Waals surface area contributed by atoms with Gasteiger partial charge < -0.3 is 4.74 Å². The molecule has 0 amide bonds. The molecule has 0 saturated carbocycles. The van der Waals surface area contributed by atoms with Gasteiger partial charge in [0.1, 0.15) is 11.3 Å². The van der Waals surface area contributed by atoms with Crippen LogP contribution >= 0.6 is 11.8 Å². The van der Waals surface area contributed by atoms with E-state index in [1.54, 1.807) is 18.9 Å². The number of benzene rings is 1. The fraction of sp³-hybridized carbons (Fsp3) is 0.588. The molecule has 1 atom stereocenters. The van der Waals surface area contributed by atoms with E-state index in [9.17, 15) is 5.26 Å². The molecular weight excluding hydrogens is 280 g/mol. The Morgan fingerprint density at radius 1 is 1.38 bits per heavy atom. The number of ether oxygens (including phenoxy) is 1. The van der Waals surface area contributed by atoms with Crippen molar-refractivity contribution >= 4 is 11.8 Å². The predicted octanol–water partition coefficient (Wildman–Crippen LogP) is 4.24. The van der Waals surface area contributed by atoms with Crippen molar-refractivity contribution < 1.29 is 4.74 Å². The van der Waals surface area contributed by atoms with Gasteiger partial charge >= 0.3 is 0 Å². The molecule has 0 spiro atoms. The van der Waals surface area contributed by atoms with Crippen LogP contribution in [0.2, 0.25) is 0 Å². The number of hydrogen-bond acceptors (Lipinski definition) is 4. The number of nitrogens with one attached hydrogen (secondary N) is 1. The first-order valence-corrected chi connectivity index (χ1v) is 8.50. The summed E-state index contributed by atoms with van der Waals surface area (Å²) in [5, 5.41) is 12.9. The van der Waals surface area contributed by atoms with Crippen LogP contribution < -0.4 is 10.1 Å². The molecular formula is C17H26N2OS. The molecule has 0 aromatic heterocycles. The van der Waals surface area contributed by atoms with Crippen molar-refractivity contribution in [3.8, 4) is 11.8 Å². The normalized spacial score (nSPS) is 13.7. The first-order chi connectivity index (χ1) is 10.1. The molecule has 0 fully saturated rings. The molecule has 1 unspecified atom stereocenters. The second-order valence-electron chi connectivity index (χ2n) is 5.45. The molecule has 0 bridgehead atoms. The third-order valence-corrected chi connectivity index (χ3v) is 4.60. The molecule has 0 radical (unpaired) electrons. The number of nitriles is 1. The molecule has 0 heterocycles. The third-order valence-electron chi connectivity index (χ3n) is 3.46. The molecule has 21 heavy (non-hydrogen) atoms. The highest BCUT2D eigenvalue weighted by Gasteiger charge is 2.27. The van der Waals surface area contributed by atoms with Gasteiger partial charge in [-0.15, -0.1) is 11.8 Å². The Balaban J connectivity index is 2.50. The van der Waals surface area contributed by atoms with Gasteiger partial charge in [0, 0.05) is 10.9 Å². The maximum Gasteiger partial charge on any atom is 0.132 e. The lowest BCUT2D eigenvalue weighted by Gasteiger charge is -2.29. The largest absolute Gasteiger partial charge is 0.496 e. The monoisotopic (exact) mass is 306 g/mol. The van der Waals surface area contributed by atoms with Gasteiger partial charge in [-0.05, 0) is 51.0 Å². The van der Waals surface area contributed by atoms with Crippen molar-refractivity contribution in [1.29, 1.82) is 5.26 Å². The van der Waals surface area contributed by atoms with Gasteiger partial charge in [0.2, 0.25) is 0 Å². The van der Waals surface area contributed by atoms with Crippen molar-refractivity contribution in [3.63, 3.8) is 0 Å². The maximum absolute atomic E-state index is 9.48. The van der Waals surface area contributed by atoms with Crippen LogP contribution in [-0.2, 0) is 0 Å². The average Bonchev–Trinajstić information content (AvgIpc) is 2.50. The van der Waals surface area contributed by atoms with Crippen molar-refractivity contribution in [2.24, 2.45) is 0 Å². The van der Waals surface area contributed by atoms with Gasteiger partial charge in [0.15, 0.2) is 0 Å². The predicted molar refractivity (Wildman–Crippen MR) is 89.9 cm³/mol. The van der Waals surface area contributed by atoms with Crippen LogP contribution in [0.5, 0.6) is 5.75 Å². The van der Waals surface area contributed by atoms with E-state index in [4.69, 9.17) is 4.74 Å². The van der Waals surface area contributed by atoms with E-state index >= 15 is 0 Å². The van der Waals surface area contributed by atoms with Crippen LogP contribution in [-0.4, -0.2) is 24.4 Å². The number of para-hydroxylation sites is 1. The number of hydrogen-bond donors (Lipinski definition) is 1. The quantitative estimate of drug-likeness (QED) is 0.547. The van der Waals surface area contributed by atoms with Crippen LogP contribution in [0.25, 0.3) is 0 Å². The van der Waals surface area contributed by atoms with Crippen LogP contribution in [0.3, 0.4) is 0 Å². The van der Waals surface area contributed by atoms with Gasteiger partial charge in [-0.1, -0.05) is 19.1 Å². The van der Waals surface area contributed by atoms with E-state index in [0.29, 0.717) is 6.04 Å². The summed E-state index contributed by atoms with van der Waals surface area (Å²) in [6.45, 7) is 6.25. The summed E-state index contributed by atoms with van der Waals surface area (Å²) in [7, 11) is 1.70. The standard InChI is InChI=1S/C17H26N2OS/c1-5-17(13-18,19-14(2)3)11-8-12-21-16-10-7-6-9-15(16)20-4/h6-7,9-10,14,19H,5,8,11-12H2,1-4H3. The van der Waals surface area contributed by atoms with Gasteiger partial charge in [-0.2, -0.15) is 5.26 Å². The minimum Gasteiger partial charge on any atom is -0.496 e. The summed E-state index contributed by atoms with van der Waals surface area (Å²) >= 11 is 1.79. The molecule has 0 aliphatic heterocycles. The van der Waals surface area contributed by atoms with Crippen molar-refractivity contribution in [2.45, 2.75) is 56.5 Å². The van der Waals surface area contributed by atoms with E-state index in [1.807, 2.05) is 18.2 Å². The summed E-state index contributed by atoms with van der Waals surface area (Å²) in [5.41, 5.74) is -0.393. The Labute approximate surface area is 133 Å². The highest BCUT2D eigenvalue weighted by atomic mass is 32.2. The highest BCUT2D eigenvalue weighted by Crippen LogP contribution is 2.30. The van der Waals surface area contributed by atoms with Crippen molar-refractivity contribution in [3.05, 3.63) is 24.3 Å². The summed E-state index contributed by atoms with van der Waals surface area (Å²) in [5.74, 6) is 1.91.